The normalized spacial score (nSPS) is 14.3. The van der Waals surface area contributed by atoms with Gasteiger partial charge in [-0.1, -0.05) is 23.8 Å². The van der Waals surface area contributed by atoms with Gasteiger partial charge in [-0.2, -0.15) is 0 Å². The van der Waals surface area contributed by atoms with Gasteiger partial charge < -0.3 is 15.2 Å². The standard InChI is InChI=1S/C13H13ClN4S/c14-10-7-9(13(15)19)1-2-11(10)18-6-5-17-4-3-16-12(17)8-18/h1-4,7H,5-6,8H2,(H2,15,19). The van der Waals surface area contributed by atoms with Crippen LogP contribution in [0.2, 0.25) is 5.02 Å². The Kier molecular flexibility index (Phi) is 3.16. The van der Waals surface area contributed by atoms with Gasteiger partial charge in [0.25, 0.3) is 0 Å². The van der Waals surface area contributed by atoms with Crippen molar-refractivity contribution in [2.75, 3.05) is 11.4 Å². The molecule has 19 heavy (non-hydrogen) atoms. The summed E-state index contributed by atoms with van der Waals surface area (Å²) in [5.41, 5.74) is 7.40. The quantitative estimate of drug-likeness (QED) is 0.862. The van der Waals surface area contributed by atoms with Crippen LogP contribution in [0.3, 0.4) is 0 Å². The molecule has 0 fully saturated rings. The van der Waals surface area contributed by atoms with Crippen molar-refractivity contribution in [2.45, 2.75) is 13.1 Å². The van der Waals surface area contributed by atoms with E-state index in [1.807, 2.05) is 30.6 Å². The van der Waals surface area contributed by atoms with Gasteiger partial charge in [0.05, 0.1) is 17.3 Å². The van der Waals surface area contributed by atoms with Crippen LogP contribution in [-0.4, -0.2) is 21.1 Å². The van der Waals surface area contributed by atoms with Gasteiger partial charge in [0, 0.05) is 31.0 Å². The Balaban J connectivity index is 1.90. The zero-order valence-electron chi connectivity index (χ0n) is 10.2. The Morgan fingerprint density at radius 3 is 2.95 bits per heavy atom. The van der Waals surface area contributed by atoms with E-state index in [1.165, 1.54) is 0 Å². The number of thiocarbonyl (C=S) groups is 1. The van der Waals surface area contributed by atoms with Crippen molar-refractivity contribution in [3.8, 4) is 0 Å². The van der Waals surface area contributed by atoms with E-state index in [1.54, 1.807) is 0 Å². The van der Waals surface area contributed by atoms with Crippen LogP contribution < -0.4 is 10.6 Å². The van der Waals surface area contributed by atoms with E-state index < -0.39 is 0 Å². The highest BCUT2D eigenvalue weighted by Crippen LogP contribution is 2.29. The van der Waals surface area contributed by atoms with Crippen LogP contribution >= 0.6 is 23.8 Å². The first-order valence-corrected chi connectivity index (χ1v) is 6.78. The molecule has 1 aliphatic rings. The van der Waals surface area contributed by atoms with Crippen molar-refractivity contribution in [1.29, 1.82) is 0 Å². The second kappa shape index (κ2) is 4.83. The molecule has 0 unspecified atom stereocenters. The lowest BCUT2D eigenvalue weighted by atomic mass is 10.2. The lowest BCUT2D eigenvalue weighted by molar-refractivity contribution is 0.560. The molecule has 0 amide bonds. The number of hydrogen-bond donors (Lipinski definition) is 1. The van der Waals surface area contributed by atoms with Gasteiger partial charge in [0.2, 0.25) is 0 Å². The van der Waals surface area contributed by atoms with Gasteiger partial charge >= 0.3 is 0 Å². The van der Waals surface area contributed by atoms with Crippen LogP contribution in [0.5, 0.6) is 0 Å². The summed E-state index contributed by atoms with van der Waals surface area (Å²) in [5, 5.41) is 0.672. The number of anilines is 1. The number of benzene rings is 1. The average molecular weight is 293 g/mol. The van der Waals surface area contributed by atoms with E-state index in [0.29, 0.717) is 10.0 Å². The summed E-state index contributed by atoms with van der Waals surface area (Å²) in [5.74, 6) is 1.06. The average Bonchev–Trinajstić information content (AvgIpc) is 2.85. The minimum Gasteiger partial charge on any atom is -0.389 e. The van der Waals surface area contributed by atoms with Crippen molar-refractivity contribution in [2.24, 2.45) is 5.73 Å². The van der Waals surface area contributed by atoms with E-state index in [4.69, 9.17) is 29.6 Å². The summed E-state index contributed by atoms with van der Waals surface area (Å²) in [6, 6.07) is 5.69. The highest BCUT2D eigenvalue weighted by atomic mass is 35.5. The van der Waals surface area contributed by atoms with Gasteiger partial charge in [0.1, 0.15) is 10.8 Å². The smallest absolute Gasteiger partial charge is 0.128 e. The Labute approximate surface area is 121 Å². The molecule has 2 heterocycles. The lowest BCUT2D eigenvalue weighted by Crippen LogP contribution is -2.33. The molecule has 2 aromatic rings. The Morgan fingerprint density at radius 1 is 1.37 bits per heavy atom. The third-order valence-corrected chi connectivity index (χ3v) is 3.86. The van der Waals surface area contributed by atoms with E-state index in [9.17, 15) is 0 Å². The molecule has 3 rings (SSSR count). The highest BCUT2D eigenvalue weighted by Gasteiger charge is 2.19. The Bertz CT molecular complexity index is 637. The first-order valence-electron chi connectivity index (χ1n) is 5.99. The molecule has 0 saturated carbocycles. The van der Waals surface area contributed by atoms with Crippen LogP contribution in [0.1, 0.15) is 11.4 Å². The molecule has 98 valence electrons. The zero-order chi connectivity index (χ0) is 13.4. The van der Waals surface area contributed by atoms with Crippen molar-refractivity contribution in [1.82, 2.24) is 9.55 Å². The number of hydrogen-bond acceptors (Lipinski definition) is 3. The fraction of sp³-hybridized carbons (Fsp3) is 0.231. The van der Waals surface area contributed by atoms with Gasteiger partial charge in [-0.15, -0.1) is 0 Å². The van der Waals surface area contributed by atoms with E-state index in [2.05, 4.69) is 14.5 Å². The first kappa shape index (κ1) is 12.4. The van der Waals surface area contributed by atoms with Gasteiger partial charge in [-0.25, -0.2) is 4.98 Å². The molecule has 0 atom stereocenters. The molecule has 6 heteroatoms. The number of fused-ring (bicyclic) bond motifs is 1. The summed E-state index contributed by atoms with van der Waals surface area (Å²) >= 11 is 11.3. The molecular weight excluding hydrogens is 280 g/mol. The molecule has 2 N–H and O–H groups in total. The van der Waals surface area contributed by atoms with Crippen LogP contribution in [-0.2, 0) is 13.1 Å². The predicted octanol–water partition coefficient (Wildman–Crippen LogP) is 2.19. The lowest BCUT2D eigenvalue weighted by Gasteiger charge is -2.30. The summed E-state index contributed by atoms with van der Waals surface area (Å²) in [6.45, 7) is 2.59. The van der Waals surface area contributed by atoms with Gasteiger partial charge in [-0.3, -0.25) is 0 Å². The van der Waals surface area contributed by atoms with Crippen LogP contribution in [0, 0.1) is 0 Å². The topological polar surface area (TPSA) is 47.1 Å². The largest absolute Gasteiger partial charge is 0.389 e. The van der Waals surface area contributed by atoms with Crippen LogP contribution in [0.25, 0.3) is 0 Å². The van der Waals surface area contributed by atoms with Crippen LogP contribution in [0.4, 0.5) is 5.69 Å². The minimum absolute atomic E-state index is 0.364. The third-order valence-electron chi connectivity index (χ3n) is 3.32. The van der Waals surface area contributed by atoms with E-state index in [-0.39, 0.29) is 0 Å². The maximum Gasteiger partial charge on any atom is 0.128 e. The molecule has 1 aliphatic heterocycles. The number of halogens is 1. The minimum atomic E-state index is 0.364. The molecule has 0 bridgehead atoms. The second-order valence-electron chi connectivity index (χ2n) is 4.49. The molecule has 1 aromatic carbocycles. The molecular formula is C13H13ClN4S. The summed E-state index contributed by atoms with van der Waals surface area (Å²) in [6.07, 6.45) is 3.83. The Morgan fingerprint density at radius 2 is 2.21 bits per heavy atom. The molecule has 0 spiro atoms. The van der Waals surface area contributed by atoms with Crippen molar-refractivity contribution >= 4 is 34.5 Å². The van der Waals surface area contributed by atoms with Crippen molar-refractivity contribution in [3.63, 3.8) is 0 Å². The molecule has 4 nitrogen and oxygen atoms in total. The fourth-order valence-electron chi connectivity index (χ4n) is 2.30. The van der Waals surface area contributed by atoms with E-state index in [0.717, 1.165) is 36.7 Å². The second-order valence-corrected chi connectivity index (χ2v) is 5.34. The van der Waals surface area contributed by atoms with Gasteiger partial charge in [0.15, 0.2) is 0 Å². The number of aromatic nitrogens is 2. The summed E-state index contributed by atoms with van der Waals surface area (Å²) in [7, 11) is 0. The molecule has 0 aliphatic carbocycles. The van der Waals surface area contributed by atoms with Crippen molar-refractivity contribution < 1.29 is 0 Å². The van der Waals surface area contributed by atoms with Gasteiger partial charge in [-0.05, 0) is 18.2 Å². The van der Waals surface area contributed by atoms with Crippen LogP contribution in [0.15, 0.2) is 30.6 Å². The number of rotatable bonds is 2. The summed E-state index contributed by atoms with van der Waals surface area (Å²) < 4.78 is 2.16. The van der Waals surface area contributed by atoms with Crippen molar-refractivity contribution in [3.05, 3.63) is 47.0 Å². The third kappa shape index (κ3) is 2.31. The first-order chi connectivity index (χ1) is 9.15. The number of nitrogens with two attached hydrogens (primary N) is 1. The maximum absolute atomic E-state index is 6.32. The number of imidazole rings is 1. The molecule has 0 saturated heterocycles. The highest BCUT2D eigenvalue weighted by molar-refractivity contribution is 7.80. The SMILES string of the molecule is NC(=S)c1ccc(N2CCn3ccnc3C2)c(Cl)c1. The fourth-order valence-corrected chi connectivity index (χ4v) is 2.72. The zero-order valence-corrected chi connectivity index (χ0v) is 11.8. The molecule has 1 aromatic heterocycles. The molecule has 0 radical (unpaired) electrons. The predicted molar refractivity (Wildman–Crippen MR) is 80.6 cm³/mol. The van der Waals surface area contributed by atoms with E-state index >= 15 is 0 Å². The maximum atomic E-state index is 6.32. The monoisotopic (exact) mass is 292 g/mol. The Hall–Kier alpha value is -1.59. The number of nitrogens with zero attached hydrogens (tertiary/aromatic N) is 3. The summed E-state index contributed by atoms with van der Waals surface area (Å²) in [4.78, 5) is 6.93.